The van der Waals surface area contributed by atoms with Crippen molar-refractivity contribution in [2.24, 2.45) is 7.05 Å². The molecule has 8 nitrogen and oxygen atoms in total. The van der Waals surface area contributed by atoms with Crippen molar-refractivity contribution in [3.8, 4) is 0 Å². The summed E-state index contributed by atoms with van der Waals surface area (Å²) in [6.45, 7) is 1.22. The summed E-state index contributed by atoms with van der Waals surface area (Å²) in [6, 6.07) is 5.06. The van der Waals surface area contributed by atoms with E-state index in [1.165, 1.54) is 10.6 Å². The second-order valence-corrected chi connectivity index (χ2v) is 8.53. The van der Waals surface area contributed by atoms with Gasteiger partial charge in [0.1, 0.15) is 5.69 Å². The molecule has 0 saturated carbocycles. The lowest BCUT2D eigenvalue weighted by molar-refractivity contribution is 0.0644. The molecule has 3 rings (SSSR count). The van der Waals surface area contributed by atoms with E-state index in [0.717, 1.165) is 18.4 Å². The van der Waals surface area contributed by atoms with Crippen molar-refractivity contribution < 1.29 is 13.2 Å². The number of piperidine rings is 1. The molecule has 2 aromatic rings. The van der Waals surface area contributed by atoms with Gasteiger partial charge in [-0.25, -0.2) is 8.42 Å². The molecule has 1 aliphatic heterocycles. The topological polar surface area (TPSA) is 88.4 Å². The van der Waals surface area contributed by atoms with Gasteiger partial charge in [0.05, 0.1) is 6.26 Å². The number of carbonyl (C=O) groups excluding carboxylic acids is 1. The lowest BCUT2D eigenvalue weighted by Gasteiger charge is -2.38. The van der Waals surface area contributed by atoms with Gasteiger partial charge < -0.3 is 4.90 Å². The van der Waals surface area contributed by atoms with E-state index in [2.05, 4.69) is 10.1 Å². The van der Waals surface area contributed by atoms with E-state index in [0.29, 0.717) is 18.8 Å². The third-order valence-electron chi connectivity index (χ3n) is 4.51. The second-order valence-electron chi connectivity index (χ2n) is 6.59. The number of likely N-dealkylation sites (tertiary alicyclic amines) is 1. The summed E-state index contributed by atoms with van der Waals surface area (Å²) in [5.74, 6) is -0.162. The number of aromatic nitrogens is 3. The summed E-state index contributed by atoms with van der Waals surface area (Å²) >= 11 is 0. The maximum absolute atomic E-state index is 12.7. The quantitative estimate of drug-likeness (QED) is 0.772. The van der Waals surface area contributed by atoms with Crippen LogP contribution in [-0.2, 0) is 23.6 Å². The Hall–Kier alpha value is -2.26. The summed E-state index contributed by atoms with van der Waals surface area (Å²) in [7, 11) is -1.67. The average molecular weight is 377 g/mol. The molecule has 1 unspecified atom stereocenters. The molecule has 1 amide bonds. The molecule has 0 aliphatic carbocycles. The highest BCUT2D eigenvalue weighted by atomic mass is 32.2. The number of rotatable bonds is 5. The van der Waals surface area contributed by atoms with E-state index in [-0.39, 0.29) is 18.5 Å². The van der Waals surface area contributed by atoms with Crippen LogP contribution < -0.4 is 0 Å². The maximum atomic E-state index is 12.7. The fourth-order valence-corrected chi connectivity index (χ4v) is 4.35. The Morgan fingerprint density at radius 2 is 2.19 bits per heavy atom. The fourth-order valence-electron chi connectivity index (χ4n) is 3.25. The molecule has 9 heteroatoms. The molecule has 1 saturated heterocycles. The first-order valence-corrected chi connectivity index (χ1v) is 10.3. The van der Waals surface area contributed by atoms with Gasteiger partial charge in [0.15, 0.2) is 0 Å². The summed E-state index contributed by atoms with van der Waals surface area (Å²) in [4.78, 5) is 18.4. The minimum absolute atomic E-state index is 0.162. The summed E-state index contributed by atoms with van der Waals surface area (Å²) < 4.78 is 27.8. The molecule has 0 bridgehead atoms. The highest BCUT2D eigenvalue weighted by molar-refractivity contribution is 7.88. The number of sulfonamides is 1. The summed E-state index contributed by atoms with van der Waals surface area (Å²) in [5.41, 5.74) is 1.21. The Kier molecular flexibility index (Phi) is 5.38. The first-order valence-electron chi connectivity index (χ1n) is 8.49. The maximum Gasteiger partial charge on any atom is 0.274 e. The van der Waals surface area contributed by atoms with Gasteiger partial charge in [-0.05, 0) is 30.5 Å². The smallest absolute Gasteiger partial charge is 0.274 e. The molecular weight excluding hydrogens is 354 g/mol. The lowest BCUT2D eigenvalue weighted by atomic mass is 10.0. The largest absolute Gasteiger partial charge is 0.336 e. The number of hydrogen-bond acceptors (Lipinski definition) is 5. The van der Waals surface area contributed by atoms with Crippen molar-refractivity contribution in [1.29, 1.82) is 0 Å². The molecule has 1 fully saturated rings. The SMILES string of the molecule is Cn1ccc(C(=O)N2CCCC(N(Cc3cccnc3)S(C)(=O)=O)C2)n1. The van der Waals surface area contributed by atoms with E-state index in [1.807, 2.05) is 6.07 Å². The van der Waals surface area contributed by atoms with Crippen molar-refractivity contribution in [3.63, 3.8) is 0 Å². The molecule has 3 heterocycles. The number of carbonyl (C=O) groups is 1. The Balaban J connectivity index is 1.77. The van der Waals surface area contributed by atoms with Crippen molar-refractivity contribution in [3.05, 3.63) is 48.0 Å². The molecule has 0 aromatic carbocycles. The van der Waals surface area contributed by atoms with Gasteiger partial charge in [0, 0.05) is 51.3 Å². The van der Waals surface area contributed by atoms with Crippen LogP contribution in [0.25, 0.3) is 0 Å². The number of nitrogens with zero attached hydrogens (tertiary/aromatic N) is 5. The Labute approximate surface area is 153 Å². The number of pyridine rings is 1. The van der Waals surface area contributed by atoms with Crippen LogP contribution in [0.3, 0.4) is 0 Å². The van der Waals surface area contributed by atoms with Crippen molar-refractivity contribution in [2.75, 3.05) is 19.3 Å². The van der Waals surface area contributed by atoms with Gasteiger partial charge in [-0.15, -0.1) is 0 Å². The molecule has 140 valence electrons. The zero-order chi connectivity index (χ0) is 18.7. The van der Waals surface area contributed by atoms with Crippen LogP contribution in [0.2, 0.25) is 0 Å². The Morgan fingerprint density at radius 3 is 2.81 bits per heavy atom. The monoisotopic (exact) mass is 377 g/mol. The molecule has 1 atom stereocenters. The van der Waals surface area contributed by atoms with E-state index < -0.39 is 10.0 Å². The normalized spacial score (nSPS) is 18.3. The van der Waals surface area contributed by atoms with Gasteiger partial charge in [-0.1, -0.05) is 6.07 Å². The highest BCUT2D eigenvalue weighted by Crippen LogP contribution is 2.22. The van der Waals surface area contributed by atoms with Gasteiger partial charge in [0.2, 0.25) is 10.0 Å². The Bertz CT molecular complexity index is 866. The summed E-state index contributed by atoms with van der Waals surface area (Å²) in [5, 5.41) is 4.16. The first-order chi connectivity index (χ1) is 12.3. The second kappa shape index (κ2) is 7.55. The molecule has 2 aromatic heterocycles. The Morgan fingerprint density at radius 1 is 1.38 bits per heavy atom. The van der Waals surface area contributed by atoms with Gasteiger partial charge in [-0.2, -0.15) is 9.40 Å². The van der Waals surface area contributed by atoms with Crippen LogP contribution >= 0.6 is 0 Å². The predicted molar refractivity (Wildman–Crippen MR) is 96.8 cm³/mol. The minimum Gasteiger partial charge on any atom is -0.336 e. The van der Waals surface area contributed by atoms with Gasteiger partial charge in [0.25, 0.3) is 5.91 Å². The van der Waals surface area contributed by atoms with E-state index in [9.17, 15) is 13.2 Å². The number of amides is 1. The van der Waals surface area contributed by atoms with Crippen molar-refractivity contribution in [1.82, 2.24) is 24.0 Å². The minimum atomic E-state index is -3.42. The van der Waals surface area contributed by atoms with Crippen LogP contribution in [0.5, 0.6) is 0 Å². The lowest BCUT2D eigenvalue weighted by Crippen LogP contribution is -2.51. The predicted octanol–water partition coefficient (Wildman–Crippen LogP) is 0.882. The van der Waals surface area contributed by atoms with Crippen molar-refractivity contribution >= 4 is 15.9 Å². The molecule has 26 heavy (non-hydrogen) atoms. The summed E-state index contributed by atoms with van der Waals surface area (Å²) in [6.07, 6.45) is 7.73. The van der Waals surface area contributed by atoms with E-state index in [4.69, 9.17) is 0 Å². The van der Waals surface area contributed by atoms with Crippen LogP contribution in [0.4, 0.5) is 0 Å². The average Bonchev–Trinajstić information content (AvgIpc) is 3.05. The van der Waals surface area contributed by atoms with Crippen LogP contribution in [0, 0.1) is 0 Å². The molecule has 1 aliphatic rings. The van der Waals surface area contributed by atoms with Crippen LogP contribution in [-0.4, -0.2) is 63.7 Å². The van der Waals surface area contributed by atoms with Crippen LogP contribution in [0.1, 0.15) is 28.9 Å². The standard InChI is InChI=1S/C17H23N5O3S/c1-20-10-7-16(19-20)17(23)21-9-4-6-15(13-21)22(26(2,24)25)12-14-5-3-8-18-11-14/h3,5,7-8,10-11,15H,4,6,9,12-13H2,1-2H3. The van der Waals surface area contributed by atoms with Gasteiger partial charge >= 0.3 is 0 Å². The van der Waals surface area contributed by atoms with Crippen molar-refractivity contribution in [2.45, 2.75) is 25.4 Å². The van der Waals surface area contributed by atoms with Crippen LogP contribution in [0.15, 0.2) is 36.8 Å². The van der Waals surface area contributed by atoms with E-state index in [1.54, 1.807) is 47.4 Å². The first kappa shape index (κ1) is 18.5. The third kappa shape index (κ3) is 4.28. The molecule has 0 N–H and O–H groups in total. The molecular formula is C17H23N5O3S. The number of aryl methyl sites for hydroxylation is 1. The van der Waals surface area contributed by atoms with Gasteiger partial charge in [-0.3, -0.25) is 14.5 Å². The highest BCUT2D eigenvalue weighted by Gasteiger charge is 2.33. The fraction of sp³-hybridized carbons (Fsp3) is 0.471. The van der Waals surface area contributed by atoms with E-state index >= 15 is 0 Å². The number of hydrogen-bond donors (Lipinski definition) is 0. The third-order valence-corrected chi connectivity index (χ3v) is 5.79. The zero-order valence-electron chi connectivity index (χ0n) is 14.9. The molecule has 0 spiro atoms. The molecule has 0 radical (unpaired) electrons. The zero-order valence-corrected chi connectivity index (χ0v) is 15.8.